The Balaban J connectivity index is 1.62. The first-order valence-corrected chi connectivity index (χ1v) is 12.1. The molecule has 2 N–H and O–H groups in total. The molecule has 0 saturated carbocycles. The van der Waals surface area contributed by atoms with Gasteiger partial charge in [-0.25, -0.2) is 0 Å². The van der Waals surface area contributed by atoms with Crippen molar-refractivity contribution in [1.29, 1.82) is 0 Å². The average molecular weight is 483 g/mol. The highest BCUT2D eigenvalue weighted by atomic mass is 32.1. The molecule has 2 amide bonds. The van der Waals surface area contributed by atoms with Gasteiger partial charge < -0.3 is 14.8 Å². The Labute approximate surface area is 203 Å². The van der Waals surface area contributed by atoms with Crippen molar-refractivity contribution in [2.24, 2.45) is 5.92 Å². The third-order valence-corrected chi connectivity index (χ3v) is 6.00. The van der Waals surface area contributed by atoms with Crippen molar-refractivity contribution in [3.63, 3.8) is 0 Å². The van der Waals surface area contributed by atoms with Gasteiger partial charge in [0.1, 0.15) is 22.5 Å². The molecule has 0 aliphatic rings. The number of rotatable bonds is 11. The lowest BCUT2D eigenvalue weighted by atomic mass is 10.0. The minimum absolute atomic E-state index is 0.130. The van der Waals surface area contributed by atoms with E-state index in [1.165, 1.54) is 11.3 Å². The number of hydrogen-bond donors (Lipinski definition) is 2. The van der Waals surface area contributed by atoms with Gasteiger partial charge in [0, 0.05) is 11.1 Å². The number of amides is 2. The molecule has 0 spiro atoms. The molecule has 3 rings (SSSR count). The molecule has 1 unspecified atom stereocenters. The van der Waals surface area contributed by atoms with Gasteiger partial charge in [0.05, 0.1) is 13.7 Å². The number of anilines is 1. The maximum absolute atomic E-state index is 12.9. The quantitative estimate of drug-likeness (QED) is 0.381. The molecule has 8 nitrogen and oxygen atoms in total. The van der Waals surface area contributed by atoms with Crippen LogP contribution in [0.2, 0.25) is 0 Å². The largest absolute Gasteiger partial charge is 0.497 e. The zero-order valence-electron chi connectivity index (χ0n) is 19.8. The summed E-state index contributed by atoms with van der Waals surface area (Å²) in [5, 5.41) is 14.9. The Morgan fingerprint density at radius 1 is 1.00 bits per heavy atom. The number of ether oxygens (including phenoxy) is 2. The number of nitrogens with zero attached hydrogens (tertiary/aromatic N) is 2. The molecule has 0 aliphatic carbocycles. The summed E-state index contributed by atoms with van der Waals surface area (Å²) >= 11 is 1.26. The number of nitrogens with one attached hydrogen (secondary N) is 2. The lowest BCUT2D eigenvalue weighted by Gasteiger charge is -2.21. The fraction of sp³-hybridized carbons (Fsp3) is 0.360. The second-order valence-electron chi connectivity index (χ2n) is 8.05. The van der Waals surface area contributed by atoms with Crippen LogP contribution in [0.25, 0.3) is 10.6 Å². The smallest absolute Gasteiger partial charge is 0.251 e. The van der Waals surface area contributed by atoms with Crippen LogP contribution in [0.3, 0.4) is 0 Å². The summed E-state index contributed by atoms with van der Waals surface area (Å²) in [6.07, 6.45) is 2.03. The summed E-state index contributed by atoms with van der Waals surface area (Å²) in [4.78, 5) is 25.7. The number of benzene rings is 2. The number of methoxy groups -OCH3 is 1. The molecule has 1 heterocycles. The van der Waals surface area contributed by atoms with Crippen LogP contribution in [0.1, 0.15) is 44.0 Å². The maximum atomic E-state index is 12.9. The number of carbonyl (C=O) groups is 2. The Hall–Kier alpha value is -3.46. The van der Waals surface area contributed by atoms with Gasteiger partial charge in [-0.2, -0.15) is 0 Å². The summed E-state index contributed by atoms with van der Waals surface area (Å²) in [6.45, 7) is 6.49. The molecule has 0 radical (unpaired) electrons. The van der Waals surface area contributed by atoms with Crippen molar-refractivity contribution in [2.75, 3.05) is 19.0 Å². The summed E-state index contributed by atoms with van der Waals surface area (Å²) in [7, 11) is 1.61. The van der Waals surface area contributed by atoms with Gasteiger partial charge in [0.25, 0.3) is 5.91 Å². The first kappa shape index (κ1) is 25.2. The zero-order chi connectivity index (χ0) is 24.5. The predicted molar refractivity (Wildman–Crippen MR) is 133 cm³/mol. The van der Waals surface area contributed by atoms with Crippen LogP contribution < -0.4 is 20.1 Å². The lowest BCUT2D eigenvalue weighted by molar-refractivity contribution is -0.118. The highest BCUT2D eigenvalue weighted by Gasteiger charge is 2.26. The number of hydrogen-bond acceptors (Lipinski definition) is 7. The van der Waals surface area contributed by atoms with E-state index in [-0.39, 0.29) is 17.7 Å². The zero-order valence-corrected chi connectivity index (χ0v) is 20.6. The van der Waals surface area contributed by atoms with Crippen molar-refractivity contribution >= 4 is 28.3 Å². The minimum atomic E-state index is -0.735. The van der Waals surface area contributed by atoms with E-state index < -0.39 is 6.04 Å². The lowest BCUT2D eigenvalue weighted by Crippen LogP contribution is -2.47. The number of carbonyl (C=O) groups excluding carboxylic acids is 2. The Morgan fingerprint density at radius 2 is 1.68 bits per heavy atom. The minimum Gasteiger partial charge on any atom is -0.497 e. The molecular formula is C25H30N4O4S. The van der Waals surface area contributed by atoms with Crippen molar-refractivity contribution in [1.82, 2.24) is 15.5 Å². The van der Waals surface area contributed by atoms with Crippen LogP contribution in [0, 0.1) is 5.92 Å². The topological polar surface area (TPSA) is 102 Å². The highest BCUT2D eigenvalue weighted by molar-refractivity contribution is 7.18. The Kier molecular flexibility index (Phi) is 8.98. The van der Waals surface area contributed by atoms with Crippen LogP contribution in [0.15, 0.2) is 48.5 Å². The molecule has 0 aliphatic heterocycles. The number of aromatic nitrogens is 2. The SMILES string of the molecule is CCCCOc1ccc(C(=O)NC(C(=O)Nc2nnc(-c3ccc(OC)cc3)s2)C(C)C)cc1. The molecule has 0 fully saturated rings. The third-order valence-electron chi connectivity index (χ3n) is 5.11. The Bertz CT molecular complexity index is 1080. The predicted octanol–water partition coefficient (Wildman–Crippen LogP) is 4.79. The van der Waals surface area contributed by atoms with Crippen LogP contribution >= 0.6 is 11.3 Å². The molecule has 180 valence electrons. The van der Waals surface area contributed by atoms with E-state index in [9.17, 15) is 9.59 Å². The summed E-state index contributed by atoms with van der Waals surface area (Å²) in [5.74, 6) is 0.656. The fourth-order valence-electron chi connectivity index (χ4n) is 3.10. The van der Waals surface area contributed by atoms with Crippen molar-refractivity contribution < 1.29 is 19.1 Å². The monoisotopic (exact) mass is 482 g/mol. The maximum Gasteiger partial charge on any atom is 0.251 e. The van der Waals surface area contributed by atoms with E-state index in [4.69, 9.17) is 9.47 Å². The fourth-order valence-corrected chi connectivity index (χ4v) is 3.86. The van der Waals surface area contributed by atoms with E-state index in [0.29, 0.717) is 28.1 Å². The summed E-state index contributed by atoms with van der Waals surface area (Å²) < 4.78 is 10.8. The van der Waals surface area contributed by atoms with Gasteiger partial charge in [0.15, 0.2) is 0 Å². The van der Waals surface area contributed by atoms with Gasteiger partial charge in [0.2, 0.25) is 11.0 Å². The number of unbranched alkanes of at least 4 members (excludes halogenated alkanes) is 1. The summed E-state index contributed by atoms with van der Waals surface area (Å²) in [5.41, 5.74) is 1.33. The van der Waals surface area contributed by atoms with Gasteiger partial charge in [-0.05, 0) is 60.9 Å². The normalized spacial score (nSPS) is 11.7. The van der Waals surface area contributed by atoms with E-state index >= 15 is 0 Å². The van der Waals surface area contributed by atoms with E-state index in [1.807, 2.05) is 38.1 Å². The second kappa shape index (κ2) is 12.1. The first-order valence-electron chi connectivity index (χ1n) is 11.2. The molecular weight excluding hydrogens is 452 g/mol. The van der Waals surface area contributed by atoms with Crippen molar-refractivity contribution in [2.45, 2.75) is 39.7 Å². The molecule has 9 heteroatoms. The standard InChI is InChI=1S/C25H30N4O4S/c1-5-6-15-33-20-13-7-17(8-14-20)22(30)26-21(16(2)3)23(31)27-25-29-28-24(34-25)18-9-11-19(32-4)12-10-18/h7-14,16,21H,5-6,15H2,1-4H3,(H,26,30)(H,27,29,31). The van der Waals surface area contributed by atoms with Gasteiger partial charge >= 0.3 is 0 Å². The van der Waals surface area contributed by atoms with Gasteiger partial charge in [-0.15, -0.1) is 10.2 Å². The van der Waals surface area contributed by atoms with E-state index in [1.54, 1.807) is 31.4 Å². The molecule has 34 heavy (non-hydrogen) atoms. The van der Waals surface area contributed by atoms with Crippen LogP contribution in [-0.2, 0) is 4.79 Å². The second-order valence-corrected chi connectivity index (χ2v) is 9.03. The molecule has 1 atom stereocenters. The molecule has 2 aromatic carbocycles. The highest BCUT2D eigenvalue weighted by Crippen LogP contribution is 2.28. The first-order chi connectivity index (χ1) is 16.4. The molecule has 0 saturated heterocycles. The van der Waals surface area contributed by atoms with Crippen LogP contribution in [0.5, 0.6) is 11.5 Å². The van der Waals surface area contributed by atoms with E-state index in [2.05, 4.69) is 27.8 Å². The molecule has 0 bridgehead atoms. The van der Waals surface area contributed by atoms with E-state index in [0.717, 1.165) is 24.2 Å². The average Bonchev–Trinajstić information content (AvgIpc) is 3.31. The van der Waals surface area contributed by atoms with Gasteiger partial charge in [-0.3, -0.25) is 14.9 Å². The van der Waals surface area contributed by atoms with Gasteiger partial charge in [-0.1, -0.05) is 38.5 Å². The molecule has 1 aromatic heterocycles. The Morgan fingerprint density at radius 3 is 2.29 bits per heavy atom. The van der Waals surface area contributed by atoms with Crippen molar-refractivity contribution in [3.8, 4) is 22.1 Å². The third kappa shape index (κ3) is 6.77. The van der Waals surface area contributed by atoms with Crippen LogP contribution in [0.4, 0.5) is 5.13 Å². The van der Waals surface area contributed by atoms with Crippen LogP contribution in [-0.4, -0.2) is 41.8 Å². The molecule has 3 aromatic rings. The summed E-state index contributed by atoms with van der Waals surface area (Å²) in [6, 6.07) is 13.6. The van der Waals surface area contributed by atoms with Crippen molar-refractivity contribution in [3.05, 3.63) is 54.1 Å².